The molecule has 2 fully saturated rings. The molecule has 0 N–H and O–H groups in total. The topological polar surface area (TPSA) is 63.7 Å². The second kappa shape index (κ2) is 7.25. The molecule has 1 saturated carbocycles. The van der Waals surface area contributed by atoms with E-state index in [2.05, 4.69) is 0 Å². The van der Waals surface area contributed by atoms with Crippen molar-refractivity contribution in [3.63, 3.8) is 0 Å². The molecule has 3 aromatic carbocycles. The van der Waals surface area contributed by atoms with E-state index >= 15 is 0 Å². The molecule has 0 aromatic heterocycles. The Kier molecular flexibility index (Phi) is 4.46. The fourth-order valence-corrected chi connectivity index (χ4v) is 6.81. The molecular formula is C30H25NO4. The van der Waals surface area contributed by atoms with Crippen LogP contribution in [0.4, 0.5) is 5.69 Å². The van der Waals surface area contributed by atoms with Crippen molar-refractivity contribution < 1.29 is 19.1 Å². The highest BCUT2D eigenvalue weighted by atomic mass is 16.5. The first-order valence-electron chi connectivity index (χ1n) is 11.8. The molecule has 2 aliphatic carbocycles. The fraction of sp³-hybridized carbons (Fsp3) is 0.233. The summed E-state index contributed by atoms with van der Waals surface area (Å²) in [5, 5.41) is 0. The minimum absolute atomic E-state index is 0.0512. The molecule has 2 amide bonds. The molecule has 0 spiro atoms. The number of Topliss-reactive ketones (excluding diaryl/α,β-unsaturated/α-hetero) is 1. The molecular weight excluding hydrogens is 438 g/mol. The Bertz CT molecular complexity index is 1340. The van der Waals surface area contributed by atoms with E-state index in [4.69, 9.17) is 4.74 Å². The average molecular weight is 464 g/mol. The van der Waals surface area contributed by atoms with Crippen molar-refractivity contribution >= 4 is 34.4 Å². The minimum Gasteiger partial charge on any atom is -0.497 e. The van der Waals surface area contributed by atoms with Crippen LogP contribution in [0, 0.1) is 22.7 Å². The Labute approximate surface area is 204 Å². The second-order valence-electron chi connectivity index (χ2n) is 9.88. The number of carbonyl (C=O) groups is 3. The molecule has 174 valence electrons. The molecule has 3 aromatic rings. The van der Waals surface area contributed by atoms with E-state index in [1.807, 2.05) is 74.5 Å². The maximum atomic E-state index is 14.2. The molecule has 2 bridgehead atoms. The van der Waals surface area contributed by atoms with Crippen LogP contribution in [-0.4, -0.2) is 24.7 Å². The molecule has 35 heavy (non-hydrogen) atoms. The van der Waals surface area contributed by atoms with Crippen LogP contribution in [0.5, 0.6) is 5.75 Å². The van der Waals surface area contributed by atoms with Gasteiger partial charge >= 0.3 is 0 Å². The number of carbonyl (C=O) groups excluding carboxylic acids is 3. The van der Waals surface area contributed by atoms with Crippen molar-refractivity contribution in [2.75, 3.05) is 12.0 Å². The van der Waals surface area contributed by atoms with Crippen LogP contribution in [0.1, 0.15) is 25.0 Å². The SMILES string of the molecule is COc1cccc(N2C(=O)[C@@H]3[C@H](C2=O)[C@@]2(C)C(=O)[C@@]3(C)C(c3ccccc3)=C2c2ccccc2)c1. The smallest absolute Gasteiger partial charge is 0.239 e. The lowest BCUT2D eigenvalue weighted by molar-refractivity contribution is -0.133. The number of methoxy groups -OCH3 is 1. The highest BCUT2D eigenvalue weighted by Gasteiger charge is 2.78. The summed E-state index contributed by atoms with van der Waals surface area (Å²) in [7, 11) is 1.55. The van der Waals surface area contributed by atoms with Crippen molar-refractivity contribution in [1.29, 1.82) is 0 Å². The van der Waals surface area contributed by atoms with Gasteiger partial charge in [-0.3, -0.25) is 14.4 Å². The number of hydrogen-bond donors (Lipinski definition) is 0. The normalized spacial score (nSPS) is 29.2. The first-order chi connectivity index (χ1) is 16.8. The zero-order valence-electron chi connectivity index (χ0n) is 19.8. The van der Waals surface area contributed by atoms with Gasteiger partial charge in [-0.25, -0.2) is 4.90 Å². The number of nitrogens with zero attached hydrogens (tertiary/aromatic N) is 1. The molecule has 1 saturated heterocycles. The molecule has 6 rings (SSSR count). The summed E-state index contributed by atoms with van der Waals surface area (Å²) in [5.41, 5.74) is 1.75. The number of fused-ring (bicyclic) bond motifs is 5. The summed E-state index contributed by atoms with van der Waals surface area (Å²) in [6.45, 7) is 3.72. The van der Waals surface area contributed by atoms with Gasteiger partial charge in [0.25, 0.3) is 0 Å². The third kappa shape index (κ3) is 2.55. The monoisotopic (exact) mass is 463 g/mol. The van der Waals surface area contributed by atoms with Crippen molar-refractivity contribution in [3.8, 4) is 5.75 Å². The Balaban J connectivity index is 1.60. The van der Waals surface area contributed by atoms with E-state index in [0.29, 0.717) is 11.4 Å². The van der Waals surface area contributed by atoms with Crippen molar-refractivity contribution in [2.24, 2.45) is 22.7 Å². The van der Waals surface area contributed by atoms with Crippen LogP contribution in [0.15, 0.2) is 84.9 Å². The number of ketones is 1. The third-order valence-corrected chi connectivity index (χ3v) is 8.22. The van der Waals surface area contributed by atoms with Gasteiger partial charge in [0, 0.05) is 6.07 Å². The molecule has 0 radical (unpaired) electrons. The predicted molar refractivity (Wildman–Crippen MR) is 133 cm³/mol. The first kappa shape index (κ1) is 21.5. The second-order valence-corrected chi connectivity index (χ2v) is 9.88. The molecule has 5 nitrogen and oxygen atoms in total. The van der Waals surface area contributed by atoms with E-state index in [-0.39, 0.29) is 17.6 Å². The van der Waals surface area contributed by atoms with Gasteiger partial charge < -0.3 is 4.74 Å². The van der Waals surface area contributed by atoms with Crippen LogP contribution < -0.4 is 9.64 Å². The predicted octanol–water partition coefficient (Wildman–Crippen LogP) is 5.02. The number of imide groups is 1. The van der Waals surface area contributed by atoms with E-state index in [9.17, 15) is 14.4 Å². The largest absolute Gasteiger partial charge is 0.497 e. The van der Waals surface area contributed by atoms with Crippen LogP contribution in [0.3, 0.4) is 0 Å². The lowest BCUT2D eigenvalue weighted by atomic mass is 9.63. The Morgan fingerprint density at radius 2 is 1.17 bits per heavy atom. The number of anilines is 1. The van der Waals surface area contributed by atoms with Crippen molar-refractivity contribution in [3.05, 3.63) is 96.1 Å². The maximum absolute atomic E-state index is 14.2. The number of rotatable bonds is 4. The summed E-state index contributed by atoms with van der Waals surface area (Å²) in [5.74, 6) is -1.67. The van der Waals surface area contributed by atoms with Crippen molar-refractivity contribution in [1.82, 2.24) is 0 Å². The van der Waals surface area contributed by atoms with Crippen LogP contribution in [0.25, 0.3) is 11.1 Å². The van der Waals surface area contributed by atoms with Crippen LogP contribution in [-0.2, 0) is 14.4 Å². The molecule has 1 aliphatic heterocycles. The van der Waals surface area contributed by atoms with E-state index in [1.54, 1.807) is 31.4 Å². The van der Waals surface area contributed by atoms with E-state index in [1.165, 1.54) is 4.90 Å². The van der Waals surface area contributed by atoms with Crippen molar-refractivity contribution in [2.45, 2.75) is 13.8 Å². The number of amides is 2. The van der Waals surface area contributed by atoms with Gasteiger partial charge in [-0.2, -0.15) is 0 Å². The van der Waals surface area contributed by atoms with Gasteiger partial charge in [0.15, 0.2) is 5.78 Å². The fourth-order valence-electron chi connectivity index (χ4n) is 6.81. The molecule has 1 heterocycles. The average Bonchev–Trinajstić information content (AvgIpc) is 3.34. The van der Waals surface area contributed by atoms with Gasteiger partial charge in [0.1, 0.15) is 5.75 Å². The molecule has 5 heteroatoms. The highest BCUT2D eigenvalue weighted by Crippen LogP contribution is 2.73. The summed E-state index contributed by atoms with van der Waals surface area (Å²) in [4.78, 5) is 43.5. The molecule has 3 aliphatic rings. The van der Waals surface area contributed by atoms with Crippen LogP contribution in [0.2, 0.25) is 0 Å². The zero-order valence-corrected chi connectivity index (χ0v) is 19.8. The summed E-state index contributed by atoms with van der Waals surface area (Å²) in [6.07, 6.45) is 0. The third-order valence-electron chi connectivity index (χ3n) is 8.22. The van der Waals surface area contributed by atoms with Gasteiger partial charge in [0.05, 0.1) is 35.5 Å². The summed E-state index contributed by atoms with van der Waals surface area (Å²) >= 11 is 0. The Hall–Kier alpha value is -3.99. The number of hydrogen-bond acceptors (Lipinski definition) is 4. The Morgan fingerprint density at radius 3 is 1.63 bits per heavy atom. The molecule has 0 unspecified atom stereocenters. The highest BCUT2D eigenvalue weighted by molar-refractivity contribution is 6.34. The standard InChI is InChI=1S/C30H25NO4/c1-29-22(18-11-6-4-7-12-18)23(19-13-8-5-9-14-19)30(2,28(29)34)25-24(29)26(32)31(27(25)33)20-15-10-16-21(17-20)35-3/h4-17,24-25H,1-3H3/t24-,25+,29-,30-/m0/s1. The van der Waals surface area contributed by atoms with Gasteiger partial charge in [0.2, 0.25) is 11.8 Å². The quantitative estimate of drug-likeness (QED) is 0.510. The number of benzene rings is 3. The summed E-state index contributed by atoms with van der Waals surface area (Å²) < 4.78 is 5.33. The minimum atomic E-state index is -1.12. The van der Waals surface area contributed by atoms with Crippen LogP contribution >= 0.6 is 0 Å². The zero-order chi connectivity index (χ0) is 24.5. The van der Waals surface area contributed by atoms with Gasteiger partial charge in [-0.05, 0) is 48.3 Å². The Morgan fingerprint density at radius 1 is 0.686 bits per heavy atom. The number of allylic oxidation sites excluding steroid dienone is 2. The molecule has 4 atom stereocenters. The van der Waals surface area contributed by atoms with E-state index in [0.717, 1.165) is 22.3 Å². The lowest BCUT2D eigenvalue weighted by Gasteiger charge is -2.35. The van der Waals surface area contributed by atoms with Gasteiger partial charge in [-0.1, -0.05) is 66.7 Å². The summed E-state index contributed by atoms with van der Waals surface area (Å²) in [6, 6.07) is 26.5. The maximum Gasteiger partial charge on any atom is 0.239 e. The van der Waals surface area contributed by atoms with E-state index < -0.39 is 22.7 Å². The van der Waals surface area contributed by atoms with Gasteiger partial charge in [-0.15, -0.1) is 0 Å². The lowest BCUT2D eigenvalue weighted by Crippen LogP contribution is -2.40. The number of ether oxygens (including phenoxy) is 1. The first-order valence-corrected chi connectivity index (χ1v) is 11.8.